The summed E-state index contributed by atoms with van der Waals surface area (Å²) < 4.78 is 5.50. The maximum Gasteiger partial charge on any atom is 0.0679 e. The molecule has 2 saturated heterocycles. The minimum absolute atomic E-state index is 0.362. The van der Waals surface area contributed by atoms with Crippen molar-refractivity contribution < 1.29 is 9.84 Å². The van der Waals surface area contributed by atoms with Gasteiger partial charge in [0, 0.05) is 12.1 Å². The van der Waals surface area contributed by atoms with Crippen LogP contribution in [-0.4, -0.2) is 36.0 Å². The van der Waals surface area contributed by atoms with Crippen molar-refractivity contribution in [3.63, 3.8) is 0 Å². The maximum absolute atomic E-state index is 10.6. The van der Waals surface area contributed by atoms with E-state index < -0.39 is 5.60 Å². The Hall–Kier alpha value is -0.380. The first-order chi connectivity index (χ1) is 8.22. The van der Waals surface area contributed by atoms with Crippen LogP contribution in [0.3, 0.4) is 0 Å². The fourth-order valence-electron chi connectivity index (χ4n) is 3.14. The highest BCUT2D eigenvalue weighted by atomic mass is 16.5. The Morgan fingerprint density at radius 3 is 2.59 bits per heavy atom. The molecule has 17 heavy (non-hydrogen) atoms. The van der Waals surface area contributed by atoms with E-state index in [9.17, 15) is 5.11 Å². The molecule has 0 aromatic heterocycles. The summed E-state index contributed by atoms with van der Waals surface area (Å²) in [5.74, 6) is 0. The molecule has 3 heteroatoms. The van der Waals surface area contributed by atoms with Crippen molar-refractivity contribution in [3.8, 4) is 0 Å². The van der Waals surface area contributed by atoms with Crippen molar-refractivity contribution in [3.05, 3.63) is 12.7 Å². The summed E-state index contributed by atoms with van der Waals surface area (Å²) in [5, 5.41) is 14.1. The lowest BCUT2D eigenvalue weighted by Crippen LogP contribution is -2.59. The summed E-state index contributed by atoms with van der Waals surface area (Å²) in [4.78, 5) is 0. The monoisotopic (exact) mass is 239 g/mol. The van der Waals surface area contributed by atoms with Crippen LogP contribution in [0, 0.1) is 0 Å². The van der Waals surface area contributed by atoms with E-state index in [4.69, 9.17) is 4.74 Å². The molecule has 2 bridgehead atoms. The summed E-state index contributed by atoms with van der Waals surface area (Å²) in [6.07, 6.45) is 9.25. The van der Waals surface area contributed by atoms with Crippen molar-refractivity contribution >= 4 is 0 Å². The van der Waals surface area contributed by atoms with Gasteiger partial charge < -0.3 is 15.2 Å². The van der Waals surface area contributed by atoms with Gasteiger partial charge in [0.15, 0.2) is 0 Å². The van der Waals surface area contributed by atoms with E-state index in [1.54, 1.807) is 0 Å². The van der Waals surface area contributed by atoms with Gasteiger partial charge in [-0.2, -0.15) is 0 Å². The van der Waals surface area contributed by atoms with Crippen molar-refractivity contribution in [2.45, 2.75) is 62.6 Å². The lowest BCUT2D eigenvalue weighted by molar-refractivity contribution is -0.0808. The fraction of sp³-hybridized carbons (Fsp3) is 0.857. The van der Waals surface area contributed by atoms with Gasteiger partial charge in [-0.05, 0) is 32.1 Å². The molecule has 0 aromatic carbocycles. The molecule has 2 unspecified atom stereocenters. The van der Waals surface area contributed by atoms with E-state index in [0.29, 0.717) is 12.1 Å². The first-order valence-electron chi connectivity index (χ1n) is 6.89. The van der Waals surface area contributed by atoms with Gasteiger partial charge in [0.25, 0.3) is 0 Å². The predicted molar refractivity (Wildman–Crippen MR) is 69.0 cm³/mol. The zero-order valence-corrected chi connectivity index (χ0v) is 10.7. The summed E-state index contributed by atoms with van der Waals surface area (Å²) in [6, 6.07) is 0.723. The minimum Gasteiger partial charge on any atom is -0.390 e. The number of piperidine rings is 1. The number of aliphatic hydroxyl groups is 1. The van der Waals surface area contributed by atoms with Gasteiger partial charge in [-0.25, -0.2) is 0 Å². The lowest BCUT2D eigenvalue weighted by atomic mass is 9.79. The largest absolute Gasteiger partial charge is 0.390 e. The molecule has 2 atom stereocenters. The number of rotatable bonds is 6. The van der Waals surface area contributed by atoms with Crippen molar-refractivity contribution in [2.75, 3.05) is 13.2 Å². The van der Waals surface area contributed by atoms with E-state index in [-0.39, 0.29) is 0 Å². The molecule has 0 spiro atoms. The third-order valence-corrected chi connectivity index (χ3v) is 3.91. The Kier molecular flexibility index (Phi) is 4.60. The highest BCUT2D eigenvalue weighted by molar-refractivity contribution is 4.97. The van der Waals surface area contributed by atoms with Crippen LogP contribution in [0.5, 0.6) is 0 Å². The minimum atomic E-state index is -0.446. The van der Waals surface area contributed by atoms with Gasteiger partial charge in [-0.1, -0.05) is 18.9 Å². The second kappa shape index (κ2) is 5.98. The average Bonchev–Trinajstić information content (AvgIpc) is 2.28. The summed E-state index contributed by atoms with van der Waals surface area (Å²) in [7, 11) is 0. The molecule has 0 aliphatic carbocycles. The Labute approximate surface area is 104 Å². The molecule has 2 rings (SSSR count). The highest BCUT2D eigenvalue weighted by Gasteiger charge is 2.40. The molecule has 0 aromatic rings. The number of nitrogens with one attached hydrogen (secondary N) is 1. The summed E-state index contributed by atoms with van der Waals surface area (Å²) in [5.41, 5.74) is -0.446. The summed E-state index contributed by atoms with van der Waals surface area (Å²) in [6.45, 7) is 5.25. The van der Waals surface area contributed by atoms with E-state index >= 15 is 0 Å². The second-order valence-electron chi connectivity index (χ2n) is 5.62. The first kappa shape index (κ1) is 13.1. The molecular weight excluding hydrogens is 214 g/mol. The van der Waals surface area contributed by atoms with Gasteiger partial charge in [0.2, 0.25) is 0 Å². The number of hydrogen-bond donors (Lipinski definition) is 2. The van der Waals surface area contributed by atoms with Gasteiger partial charge in [-0.3, -0.25) is 0 Å². The van der Waals surface area contributed by atoms with Crippen LogP contribution in [0.15, 0.2) is 12.7 Å². The molecule has 2 N–H and O–H groups in total. The second-order valence-corrected chi connectivity index (χ2v) is 5.62. The third kappa shape index (κ3) is 3.80. The van der Waals surface area contributed by atoms with Crippen molar-refractivity contribution in [2.24, 2.45) is 0 Å². The molecule has 2 fully saturated rings. The van der Waals surface area contributed by atoms with Crippen LogP contribution in [0.1, 0.15) is 44.9 Å². The van der Waals surface area contributed by atoms with Crippen LogP contribution in [-0.2, 0) is 4.74 Å². The SMILES string of the molecule is C=CCCCCCC1(O)CC2COCC(C1)N2. The maximum atomic E-state index is 10.6. The molecule has 0 radical (unpaired) electrons. The summed E-state index contributed by atoms with van der Waals surface area (Å²) >= 11 is 0. The van der Waals surface area contributed by atoms with Crippen LogP contribution in [0.4, 0.5) is 0 Å². The molecule has 98 valence electrons. The van der Waals surface area contributed by atoms with Crippen LogP contribution < -0.4 is 5.32 Å². The number of allylic oxidation sites excluding steroid dienone is 1. The molecule has 2 aliphatic heterocycles. The van der Waals surface area contributed by atoms with E-state index in [1.165, 1.54) is 12.8 Å². The van der Waals surface area contributed by atoms with Gasteiger partial charge in [0.1, 0.15) is 0 Å². The van der Waals surface area contributed by atoms with Crippen molar-refractivity contribution in [1.82, 2.24) is 5.32 Å². The number of hydrogen-bond acceptors (Lipinski definition) is 3. The molecule has 3 nitrogen and oxygen atoms in total. The number of fused-ring (bicyclic) bond motifs is 2. The molecule has 0 amide bonds. The number of ether oxygens (including phenoxy) is 1. The Morgan fingerprint density at radius 2 is 1.94 bits per heavy atom. The number of morpholine rings is 1. The normalized spacial score (nSPS) is 36.8. The van der Waals surface area contributed by atoms with Crippen molar-refractivity contribution in [1.29, 1.82) is 0 Å². The van der Waals surface area contributed by atoms with E-state index in [1.807, 2.05) is 6.08 Å². The lowest BCUT2D eigenvalue weighted by Gasteiger charge is -2.45. The van der Waals surface area contributed by atoms with Gasteiger partial charge >= 0.3 is 0 Å². The smallest absolute Gasteiger partial charge is 0.0679 e. The molecule has 2 aliphatic rings. The fourth-order valence-corrected chi connectivity index (χ4v) is 3.14. The van der Waals surface area contributed by atoms with E-state index in [2.05, 4.69) is 11.9 Å². The van der Waals surface area contributed by atoms with Crippen LogP contribution in [0.25, 0.3) is 0 Å². The molecule has 2 heterocycles. The van der Waals surface area contributed by atoms with E-state index in [0.717, 1.165) is 45.3 Å². The first-order valence-corrected chi connectivity index (χ1v) is 6.89. The standard InChI is InChI=1S/C14H25NO2/c1-2-3-4-5-6-7-14(16)8-12-10-17-11-13(9-14)15-12/h2,12-13,15-16H,1,3-11H2. The van der Waals surface area contributed by atoms with Gasteiger partial charge in [0.05, 0.1) is 18.8 Å². The predicted octanol–water partition coefficient (Wildman–Crippen LogP) is 2.00. The average molecular weight is 239 g/mol. The van der Waals surface area contributed by atoms with Crippen LogP contribution >= 0.6 is 0 Å². The Balaban J connectivity index is 1.72. The third-order valence-electron chi connectivity index (χ3n) is 3.91. The van der Waals surface area contributed by atoms with Gasteiger partial charge in [-0.15, -0.1) is 6.58 Å². The highest BCUT2D eigenvalue weighted by Crippen LogP contribution is 2.32. The topological polar surface area (TPSA) is 41.5 Å². The Morgan fingerprint density at radius 1 is 1.24 bits per heavy atom. The van der Waals surface area contributed by atoms with Crippen LogP contribution in [0.2, 0.25) is 0 Å². The quantitative estimate of drug-likeness (QED) is 0.550. The zero-order chi connectivity index (χ0) is 12.1. The number of unbranched alkanes of at least 4 members (excludes halogenated alkanes) is 3. The Bertz CT molecular complexity index is 243. The molecule has 0 saturated carbocycles. The molecular formula is C14H25NO2. The zero-order valence-electron chi connectivity index (χ0n) is 10.7.